The quantitative estimate of drug-likeness (QED) is 0.0253. The lowest BCUT2D eigenvalue weighted by Crippen LogP contribution is -2.53. The van der Waals surface area contributed by atoms with Crippen molar-refractivity contribution in [3.05, 3.63) is 134 Å². The van der Waals surface area contributed by atoms with E-state index in [0.29, 0.717) is 40.6 Å². The minimum Gasteiger partial charge on any atom is -0.497 e. The predicted octanol–water partition coefficient (Wildman–Crippen LogP) is 9.00. The molecule has 5 aliphatic rings. The van der Waals surface area contributed by atoms with Crippen molar-refractivity contribution in [2.24, 2.45) is 46.3 Å². The number of amides is 3. The fourth-order valence-corrected chi connectivity index (χ4v) is 15.4. The van der Waals surface area contributed by atoms with Crippen LogP contribution in [0.25, 0.3) is 6.08 Å². The SMILES string of the molecule is CNC(=O)CCC(=O)O[C@@H]1C[C@H](n2cc(/C=C/C(=O)NCCNC(=O)CC[C@@H](C)[C@H]3CC[C@H]4[C@@H]5CC[C@@H]6CCCC[C@]6(C)[C@H]5CC[C@]34C)c(=O)[nH]c2=O)O[C@@H]1COC(c1ccccc1)(c1ccc(OC)cc1)c1ccc(OC)cc1. The second-order valence-corrected chi connectivity index (χ2v) is 23.8. The van der Waals surface area contributed by atoms with E-state index in [-0.39, 0.29) is 56.3 Å². The number of nitrogens with one attached hydrogen (secondary N) is 4. The predicted molar refractivity (Wildman–Crippen MR) is 305 cm³/mol. The standard InChI is InChI=1S/C64H83N5O11/c1-41(50-27-28-51-49-26-21-43-12-10-11-34-62(43,2)52(49)33-35-63(50,51)3)15-29-56(71)66-36-37-67-57(72)30-16-42-39-69(61(75)68-60(42)74)58-38-53(80-59(73)32-31-55(70)65-4)54(79-58)40-78-64(44-13-8-7-9-14-44,45-17-22-47(76-5)23-18-45)46-19-24-48(77-6)25-20-46/h7-9,13-14,16-20,22-25,30,39,41,43,49-54,58H,10-12,15,21,26-29,31-38,40H2,1-6H3,(H,65,70)(H,66,71)(H,67,72)(H,68,74,75)/b30-16+/t41-,43+,49+,50-,51+,52+,53-,54-,58-,62+,63-/m1/s1. The second kappa shape index (κ2) is 25.5. The average Bonchev–Trinajstić information content (AvgIpc) is 4.24. The third kappa shape index (κ3) is 12.4. The molecule has 1 aromatic heterocycles. The Kier molecular flexibility index (Phi) is 18.5. The maximum Gasteiger partial charge on any atom is 0.330 e. The van der Waals surface area contributed by atoms with Gasteiger partial charge in [-0.1, -0.05) is 88.2 Å². The number of fused-ring (bicyclic) bond motifs is 5. The molecular formula is C64H83N5O11. The van der Waals surface area contributed by atoms with Gasteiger partial charge in [0.15, 0.2) is 0 Å². The molecule has 4 aliphatic carbocycles. The molecule has 16 heteroatoms. The van der Waals surface area contributed by atoms with Gasteiger partial charge in [0.25, 0.3) is 5.56 Å². The fourth-order valence-electron chi connectivity index (χ4n) is 15.4. The van der Waals surface area contributed by atoms with Crippen LogP contribution in [0.2, 0.25) is 0 Å². The van der Waals surface area contributed by atoms with Crippen molar-refractivity contribution in [1.29, 1.82) is 0 Å². The number of methoxy groups -OCH3 is 2. The van der Waals surface area contributed by atoms with Gasteiger partial charge in [-0.25, -0.2) is 4.79 Å². The summed E-state index contributed by atoms with van der Waals surface area (Å²) in [6.45, 7) is 7.84. The van der Waals surface area contributed by atoms with E-state index in [0.717, 1.165) is 46.8 Å². The number of carbonyl (C=O) groups is 4. The third-order valence-electron chi connectivity index (χ3n) is 19.6. The summed E-state index contributed by atoms with van der Waals surface area (Å²) < 4.78 is 31.9. The number of benzene rings is 3. The normalized spacial score (nSPS) is 27.5. The zero-order valence-corrected chi connectivity index (χ0v) is 47.6. The first-order valence-electron chi connectivity index (χ1n) is 29.2. The number of H-pyrrole nitrogens is 1. The highest BCUT2D eigenvalue weighted by Gasteiger charge is 2.60. The van der Waals surface area contributed by atoms with Crippen molar-refractivity contribution in [3.8, 4) is 11.5 Å². The Morgan fingerprint density at radius 2 is 1.45 bits per heavy atom. The highest BCUT2D eigenvalue weighted by molar-refractivity contribution is 5.91. The van der Waals surface area contributed by atoms with Gasteiger partial charge in [0, 0.05) is 51.7 Å². The lowest BCUT2D eigenvalue weighted by molar-refractivity contribution is -0.156. The number of aromatic amines is 1. The van der Waals surface area contributed by atoms with Crippen molar-refractivity contribution < 1.29 is 42.9 Å². The molecule has 11 atom stereocenters. The lowest BCUT2D eigenvalue weighted by Gasteiger charge is -2.61. The number of hydrogen-bond donors (Lipinski definition) is 4. The van der Waals surface area contributed by atoms with E-state index < -0.39 is 47.2 Å². The number of carbonyl (C=O) groups excluding carboxylic acids is 4. The van der Waals surface area contributed by atoms with E-state index in [4.69, 9.17) is 23.7 Å². The topological polar surface area (TPSA) is 205 Å². The first-order chi connectivity index (χ1) is 38.6. The first-order valence-corrected chi connectivity index (χ1v) is 29.2. The Hall–Kier alpha value is -6.52. The average molecular weight is 1100 g/mol. The largest absolute Gasteiger partial charge is 0.497 e. The van der Waals surface area contributed by atoms with Gasteiger partial charge >= 0.3 is 11.7 Å². The van der Waals surface area contributed by atoms with Gasteiger partial charge in [0.05, 0.1) is 32.8 Å². The summed E-state index contributed by atoms with van der Waals surface area (Å²) >= 11 is 0. The van der Waals surface area contributed by atoms with Crippen molar-refractivity contribution in [2.45, 2.75) is 141 Å². The molecule has 5 fully saturated rings. The molecule has 2 heterocycles. The molecular weight excluding hydrogens is 1010 g/mol. The van der Waals surface area contributed by atoms with Crippen LogP contribution in [0.3, 0.4) is 0 Å². The molecule has 1 saturated heterocycles. The molecule has 0 unspecified atom stereocenters. The maximum absolute atomic E-state index is 13.6. The van der Waals surface area contributed by atoms with Crippen molar-refractivity contribution in [1.82, 2.24) is 25.5 Å². The van der Waals surface area contributed by atoms with Gasteiger partial charge in [-0.15, -0.1) is 0 Å². The van der Waals surface area contributed by atoms with E-state index in [1.54, 1.807) is 14.2 Å². The smallest absolute Gasteiger partial charge is 0.330 e. The Labute approximate surface area is 470 Å². The van der Waals surface area contributed by atoms with Crippen LogP contribution in [0.1, 0.15) is 146 Å². The molecule has 3 aromatic carbocycles. The van der Waals surface area contributed by atoms with Crippen LogP contribution >= 0.6 is 0 Å². The summed E-state index contributed by atoms with van der Waals surface area (Å²) in [6, 6.07) is 24.6. The third-order valence-corrected chi connectivity index (χ3v) is 19.6. The number of hydrogen-bond acceptors (Lipinski definition) is 11. The summed E-state index contributed by atoms with van der Waals surface area (Å²) in [7, 11) is 4.66. The number of rotatable bonds is 22. The molecule has 4 aromatic rings. The monoisotopic (exact) mass is 1100 g/mol. The minimum absolute atomic E-state index is 0.00642. The van der Waals surface area contributed by atoms with Gasteiger partial charge in [0.1, 0.15) is 35.5 Å². The minimum atomic E-state index is -1.27. The molecule has 0 spiro atoms. The van der Waals surface area contributed by atoms with Gasteiger partial charge < -0.3 is 39.6 Å². The van der Waals surface area contributed by atoms with Gasteiger partial charge in [-0.3, -0.25) is 33.5 Å². The van der Waals surface area contributed by atoms with Crippen LogP contribution < -0.4 is 36.7 Å². The molecule has 0 bridgehead atoms. The second-order valence-electron chi connectivity index (χ2n) is 23.8. The van der Waals surface area contributed by atoms with Crippen molar-refractivity contribution >= 4 is 29.8 Å². The summed E-state index contributed by atoms with van der Waals surface area (Å²) in [5.41, 5.74) is 0.373. The molecule has 3 amide bonds. The number of nitrogens with zero attached hydrogens (tertiary/aromatic N) is 1. The zero-order chi connectivity index (χ0) is 56.6. The van der Waals surface area contributed by atoms with E-state index in [1.807, 2.05) is 78.9 Å². The lowest BCUT2D eigenvalue weighted by atomic mass is 9.44. The highest BCUT2D eigenvalue weighted by atomic mass is 16.6. The van der Waals surface area contributed by atoms with Crippen LogP contribution in [-0.2, 0) is 39.0 Å². The molecule has 0 radical (unpaired) electrons. The summed E-state index contributed by atoms with van der Waals surface area (Å²) in [4.78, 5) is 80.8. The van der Waals surface area contributed by atoms with Gasteiger partial charge in [-0.05, 0) is 151 Å². The molecule has 16 nitrogen and oxygen atoms in total. The van der Waals surface area contributed by atoms with E-state index in [9.17, 15) is 28.8 Å². The number of ether oxygens (including phenoxy) is 5. The van der Waals surface area contributed by atoms with Crippen molar-refractivity contribution in [2.75, 3.05) is 41.0 Å². The van der Waals surface area contributed by atoms with E-state index in [1.165, 1.54) is 94.2 Å². The number of aromatic nitrogens is 2. The molecule has 9 rings (SSSR count). The van der Waals surface area contributed by atoms with Crippen LogP contribution in [0.5, 0.6) is 11.5 Å². The molecule has 80 heavy (non-hydrogen) atoms. The molecule has 4 N–H and O–H groups in total. The zero-order valence-electron chi connectivity index (χ0n) is 47.6. The highest BCUT2D eigenvalue weighted by Crippen LogP contribution is 2.68. The Balaban J connectivity index is 0.825. The molecule has 4 saturated carbocycles. The maximum atomic E-state index is 13.6. The summed E-state index contributed by atoms with van der Waals surface area (Å²) in [5, 5.41) is 8.26. The fraction of sp³-hybridized carbons (Fsp3) is 0.562. The summed E-state index contributed by atoms with van der Waals surface area (Å²) in [6.07, 6.45) is 15.5. The van der Waals surface area contributed by atoms with Crippen LogP contribution in [-0.4, -0.2) is 86.4 Å². The Morgan fingerprint density at radius 1 is 0.775 bits per heavy atom. The van der Waals surface area contributed by atoms with Crippen LogP contribution in [0.4, 0.5) is 0 Å². The summed E-state index contributed by atoms with van der Waals surface area (Å²) in [5.74, 6) is 4.32. The van der Waals surface area contributed by atoms with Crippen LogP contribution in [0, 0.1) is 46.3 Å². The number of esters is 1. The van der Waals surface area contributed by atoms with E-state index in [2.05, 4.69) is 41.7 Å². The van der Waals surface area contributed by atoms with E-state index >= 15 is 0 Å². The first kappa shape index (κ1) is 58.1. The van der Waals surface area contributed by atoms with Crippen molar-refractivity contribution in [3.63, 3.8) is 0 Å². The van der Waals surface area contributed by atoms with Crippen LogP contribution in [0.15, 0.2) is 101 Å². The Morgan fingerprint density at radius 3 is 2.14 bits per heavy atom. The molecule has 1 aliphatic heterocycles. The van der Waals surface area contributed by atoms with Gasteiger partial charge in [0.2, 0.25) is 17.7 Å². The Bertz CT molecular complexity index is 2890. The van der Waals surface area contributed by atoms with Gasteiger partial charge in [-0.2, -0.15) is 0 Å². The molecule has 430 valence electrons.